The monoisotopic (exact) mass is 321 g/mol. The standard InChI is InChI=1S/C14H13F2N5O2/c15-9-1-10(16)3-12(2-9)22-7-11-5-21(20-19-11)6-13-14(4-17)23-8-18-13/h1-3,5,8H,4,6-7,17H2. The molecule has 0 saturated carbocycles. The fraction of sp³-hybridized carbons (Fsp3) is 0.214. The molecule has 9 heteroatoms. The third-order valence-corrected chi connectivity index (χ3v) is 3.03. The van der Waals surface area contributed by atoms with Crippen molar-refractivity contribution in [1.29, 1.82) is 0 Å². The Hall–Kier alpha value is -2.81. The number of nitrogens with two attached hydrogens (primary N) is 1. The van der Waals surface area contributed by atoms with Crippen LogP contribution in [-0.4, -0.2) is 20.0 Å². The van der Waals surface area contributed by atoms with Crippen LogP contribution in [0.1, 0.15) is 17.1 Å². The average molecular weight is 321 g/mol. The van der Waals surface area contributed by atoms with Crippen LogP contribution in [0.25, 0.3) is 0 Å². The second-order valence-corrected chi connectivity index (χ2v) is 4.73. The highest BCUT2D eigenvalue weighted by Gasteiger charge is 2.09. The molecule has 0 aliphatic rings. The SMILES string of the molecule is NCc1ocnc1Cn1cc(COc2cc(F)cc(F)c2)nn1. The highest BCUT2D eigenvalue weighted by molar-refractivity contribution is 5.23. The number of rotatable bonds is 6. The van der Waals surface area contributed by atoms with Crippen molar-refractivity contribution in [3.63, 3.8) is 0 Å². The number of hydrogen-bond acceptors (Lipinski definition) is 6. The summed E-state index contributed by atoms with van der Waals surface area (Å²) < 4.78 is 38.1. The van der Waals surface area contributed by atoms with E-state index in [1.807, 2.05) is 0 Å². The molecule has 120 valence electrons. The molecule has 2 aromatic heterocycles. The summed E-state index contributed by atoms with van der Waals surface area (Å²) in [5.41, 5.74) is 6.70. The van der Waals surface area contributed by atoms with Crippen LogP contribution in [-0.2, 0) is 19.7 Å². The van der Waals surface area contributed by atoms with Gasteiger partial charge in [-0.2, -0.15) is 0 Å². The lowest BCUT2D eigenvalue weighted by atomic mass is 10.3. The number of ether oxygens (including phenoxy) is 1. The third kappa shape index (κ3) is 3.69. The summed E-state index contributed by atoms with van der Waals surface area (Å²) in [5.74, 6) is -0.750. The molecule has 2 N–H and O–H groups in total. The molecular weight excluding hydrogens is 308 g/mol. The number of halogens is 2. The minimum absolute atomic E-state index is 0.0332. The minimum atomic E-state index is -0.705. The summed E-state index contributed by atoms with van der Waals surface area (Å²) in [7, 11) is 0. The van der Waals surface area contributed by atoms with Crippen LogP contribution in [0.4, 0.5) is 8.78 Å². The summed E-state index contributed by atoms with van der Waals surface area (Å²) in [6.07, 6.45) is 2.96. The number of benzene rings is 1. The number of aromatic nitrogens is 4. The van der Waals surface area contributed by atoms with E-state index in [1.54, 1.807) is 10.9 Å². The minimum Gasteiger partial charge on any atom is -0.487 e. The van der Waals surface area contributed by atoms with Crippen molar-refractivity contribution in [2.75, 3.05) is 0 Å². The average Bonchev–Trinajstić information content (AvgIpc) is 3.13. The van der Waals surface area contributed by atoms with Gasteiger partial charge in [0.05, 0.1) is 19.3 Å². The van der Waals surface area contributed by atoms with Gasteiger partial charge in [-0.3, -0.25) is 0 Å². The molecular formula is C14H13F2N5O2. The third-order valence-electron chi connectivity index (χ3n) is 3.03. The van der Waals surface area contributed by atoms with Gasteiger partial charge < -0.3 is 14.9 Å². The van der Waals surface area contributed by atoms with Gasteiger partial charge in [-0.05, 0) is 0 Å². The second kappa shape index (κ2) is 6.53. The highest BCUT2D eigenvalue weighted by Crippen LogP contribution is 2.16. The number of oxazole rings is 1. The van der Waals surface area contributed by atoms with Gasteiger partial charge in [0.15, 0.2) is 6.39 Å². The number of nitrogens with zero attached hydrogens (tertiary/aromatic N) is 4. The first-order valence-electron chi connectivity index (χ1n) is 6.73. The van der Waals surface area contributed by atoms with Gasteiger partial charge in [0, 0.05) is 18.2 Å². The van der Waals surface area contributed by atoms with E-state index in [-0.39, 0.29) is 18.9 Å². The molecule has 0 saturated heterocycles. The van der Waals surface area contributed by atoms with Crippen molar-refractivity contribution in [2.45, 2.75) is 19.7 Å². The quantitative estimate of drug-likeness (QED) is 0.742. The molecule has 0 amide bonds. The van der Waals surface area contributed by atoms with E-state index >= 15 is 0 Å². The van der Waals surface area contributed by atoms with Crippen molar-refractivity contribution in [1.82, 2.24) is 20.0 Å². The van der Waals surface area contributed by atoms with Crippen molar-refractivity contribution in [2.24, 2.45) is 5.73 Å². The number of hydrogen-bond donors (Lipinski definition) is 1. The van der Waals surface area contributed by atoms with Gasteiger partial charge in [-0.1, -0.05) is 5.21 Å². The Kier molecular flexibility index (Phi) is 4.29. The van der Waals surface area contributed by atoms with E-state index in [1.165, 1.54) is 6.39 Å². The van der Waals surface area contributed by atoms with E-state index in [0.717, 1.165) is 18.2 Å². The Morgan fingerprint density at radius 2 is 2.00 bits per heavy atom. The van der Waals surface area contributed by atoms with Gasteiger partial charge in [-0.25, -0.2) is 18.4 Å². The second-order valence-electron chi connectivity index (χ2n) is 4.73. The molecule has 0 unspecified atom stereocenters. The summed E-state index contributed by atoms with van der Waals surface area (Å²) in [5, 5.41) is 7.85. The predicted molar refractivity (Wildman–Crippen MR) is 74.2 cm³/mol. The zero-order valence-corrected chi connectivity index (χ0v) is 11.9. The van der Waals surface area contributed by atoms with Crippen LogP contribution < -0.4 is 10.5 Å². The predicted octanol–water partition coefficient (Wildman–Crippen LogP) is 1.63. The zero-order valence-electron chi connectivity index (χ0n) is 11.9. The molecule has 0 bridgehead atoms. The van der Waals surface area contributed by atoms with Crippen molar-refractivity contribution < 1.29 is 17.9 Å². The fourth-order valence-corrected chi connectivity index (χ4v) is 1.99. The van der Waals surface area contributed by atoms with Crippen LogP contribution in [0.15, 0.2) is 35.2 Å². The summed E-state index contributed by atoms with van der Waals surface area (Å²) in [4.78, 5) is 4.05. The van der Waals surface area contributed by atoms with Crippen LogP contribution in [0.2, 0.25) is 0 Å². The molecule has 0 aliphatic carbocycles. The van der Waals surface area contributed by atoms with Crippen LogP contribution in [0.3, 0.4) is 0 Å². The van der Waals surface area contributed by atoms with Crippen LogP contribution in [0.5, 0.6) is 5.75 Å². The zero-order chi connectivity index (χ0) is 16.2. The Labute approximate surface area is 129 Å². The molecule has 1 aromatic carbocycles. The molecule has 0 spiro atoms. The normalized spacial score (nSPS) is 10.9. The first-order valence-corrected chi connectivity index (χ1v) is 6.73. The molecule has 2 heterocycles. The Balaban J connectivity index is 1.63. The van der Waals surface area contributed by atoms with Crippen molar-refractivity contribution in [3.05, 3.63) is 59.6 Å². The Bertz CT molecular complexity index is 782. The molecule has 23 heavy (non-hydrogen) atoms. The topological polar surface area (TPSA) is 92.0 Å². The van der Waals surface area contributed by atoms with E-state index < -0.39 is 11.6 Å². The lowest BCUT2D eigenvalue weighted by Gasteiger charge is -2.03. The molecule has 0 radical (unpaired) electrons. The highest BCUT2D eigenvalue weighted by atomic mass is 19.1. The van der Waals surface area contributed by atoms with E-state index in [4.69, 9.17) is 14.9 Å². The lowest BCUT2D eigenvalue weighted by Crippen LogP contribution is -2.06. The molecule has 3 rings (SSSR count). The maximum Gasteiger partial charge on any atom is 0.181 e. The summed E-state index contributed by atoms with van der Waals surface area (Å²) in [6, 6.07) is 2.96. The van der Waals surface area contributed by atoms with Crippen LogP contribution >= 0.6 is 0 Å². The van der Waals surface area contributed by atoms with Gasteiger partial charge in [0.25, 0.3) is 0 Å². The summed E-state index contributed by atoms with van der Waals surface area (Å²) >= 11 is 0. The maximum atomic E-state index is 13.1. The van der Waals surface area contributed by atoms with Gasteiger partial charge >= 0.3 is 0 Å². The van der Waals surface area contributed by atoms with E-state index in [9.17, 15) is 8.78 Å². The Morgan fingerprint density at radius 1 is 1.22 bits per heavy atom. The van der Waals surface area contributed by atoms with Crippen molar-refractivity contribution >= 4 is 0 Å². The molecule has 3 aromatic rings. The van der Waals surface area contributed by atoms with Crippen molar-refractivity contribution in [3.8, 4) is 5.75 Å². The molecule has 7 nitrogen and oxygen atoms in total. The van der Waals surface area contributed by atoms with E-state index in [2.05, 4.69) is 15.3 Å². The smallest absolute Gasteiger partial charge is 0.181 e. The fourth-order valence-electron chi connectivity index (χ4n) is 1.99. The molecule has 0 atom stereocenters. The van der Waals surface area contributed by atoms with Gasteiger partial charge in [0.1, 0.15) is 41.1 Å². The van der Waals surface area contributed by atoms with Crippen LogP contribution in [0, 0.1) is 11.6 Å². The Morgan fingerprint density at radius 3 is 2.74 bits per heavy atom. The largest absolute Gasteiger partial charge is 0.487 e. The molecule has 0 fully saturated rings. The first-order chi connectivity index (χ1) is 11.1. The first kappa shape index (κ1) is 15.1. The van der Waals surface area contributed by atoms with E-state index in [0.29, 0.717) is 23.7 Å². The summed E-state index contributed by atoms with van der Waals surface area (Å²) in [6.45, 7) is 0.626. The maximum absolute atomic E-state index is 13.1. The lowest BCUT2D eigenvalue weighted by molar-refractivity contribution is 0.297. The molecule has 0 aliphatic heterocycles. The van der Waals surface area contributed by atoms with Gasteiger partial charge in [0.2, 0.25) is 0 Å². The van der Waals surface area contributed by atoms with Gasteiger partial charge in [-0.15, -0.1) is 5.10 Å².